The summed E-state index contributed by atoms with van der Waals surface area (Å²) in [6.45, 7) is 5.74. The van der Waals surface area contributed by atoms with Crippen molar-refractivity contribution in [2.24, 2.45) is 5.73 Å². The number of imidazole rings is 1. The quantitative estimate of drug-likeness (QED) is 0.868. The van der Waals surface area contributed by atoms with E-state index in [1.54, 1.807) is 0 Å². The largest absolute Gasteiger partial charge is 0.331 e. The lowest BCUT2D eigenvalue weighted by molar-refractivity contribution is 0.230. The zero-order valence-corrected chi connectivity index (χ0v) is 14.4. The molecule has 0 aliphatic heterocycles. The van der Waals surface area contributed by atoms with Crippen LogP contribution in [0.1, 0.15) is 37.2 Å². The molecule has 0 bridgehead atoms. The average Bonchev–Trinajstić information content (AvgIpc) is 2.89. The maximum absolute atomic E-state index is 6.03. The van der Waals surface area contributed by atoms with Crippen LogP contribution in [0.2, 0.25) is 0 Å². The maximum Gasteiger partial charge on any atom is 0.0951 e. The van der Waals surface area contributed by atoms with Crippen LogP contribution >= 0.6 is 15.9 Å². The first-order chi connectivity index (χ1) is 10.0. The number of hydrogen-bond donors (Lipinski definition) is 1. The Bertz CT molecular complexity index is 579. The summed E-state index contributed by atoms with van der Waals surface area (Å²) in [5.74, 6) is 0. The zero-order valence-electron chi connectivity index (χ0n) is 12.8. The predicted octanol–water partition coefficient (Wildman–Crippen LogP) is 3.36. The minimum absolute atomic E-state index is 0.161. The van der Waals surface area contributed by atoms with E-state index in [1.165, 1.54) is 11.3 Å². The standard InChI is InChI=1S/C16H23BrN4/c1-12(2)21-11-19-9-16(21)15(8-18)20(3)10-13-5-4-6-14(17)7-13/h4-7,9,11-12,15H,8,10,18H2,1-3H3. The molecule has 0 radical (unpaired) electrons. The maximum atomic E-state index is 6.03. The highest BCUT2D eigenvalue weighted by molar-refractivity contribution is 9.10. The lowest BCUT2D eigenvalue weighted by Gasteiger charge is -2.28. The third kappa shape index (κ3) is 3.93. The molecule has 0 saturated carbocycles. The van der Waals surface area contributed by atoms with Crippen molar-refractivity contribution in [2.45, 2.75) is 32.5 Å². The highest BCUT2D eigenvalue weighted by Gasteiger charge is 2.20. The number of likely N-dealkylation sites (N-methyl/N-ethyl adjacent to an activating group) is 1. The molecule has 0 spiro atoms. The molecule has 2 aromatic rings. The van der Waals surface area contributed by atoms with E-state index in [4.69, 9.17) is 5.73 Å². The second kappa shape index (κ2) is 7.20. The van der Waals surface area contributed by atoms with Crippen LogP contribution in [0.4, 0.5) is 0 Å². The van der Waals surface area contributed by atoms with Gasteiger partial charge < -0.3 is 10.3 Å². The van der Waals surface area contributed by atoms with Crippen molar-refractivity contribution < 1.29 is 0 Å². The normalized spacial score (nSPS) is 13.1. The molecular formula is C16H23BrN4. The molecule has 5 heteroatoms. The fraction of sp³-hybridized carbons (Fsp3) is 0.438. The van der Waals surface area contributed by atoms with E-state index in [0.717, 1.165) is 11.0 Å². The van der Waals surface area contributed by atoms with Gasteiger partial charge in [0.1, 0.15) is 0 Å². The first-order valence-corrected chi connectivity index (χ1v) is 7.98. The Balaban J connectivity index is 2.18. The summed E-state index contributed by atoms with van der Waals surface area (Å²) in [4.78, 5) is 6.56. The average molecular weight is 351 g/mol. The van der Waals surface area contributed by atoms with Crippen LogP contribution in [0.25, 0.3) is 0 Å². The van der Waals surface area contributed by atoms with E-state index in [0.29, 0.717) is 12.6 Å². The molecule has 0 aliphatic rings. The van der Waals surface area contributed by atoms with Crippen LogP contribution in [-0.2, 0) is 6.54 Å². The number of hydrogen-bond acceptors (Lipinski definition) is 3. The fourth-order valence-corrected chi connectivity index (χ4v) is 3.01. The monoisotopic (exact) mass is 350 g/mol. The van der Waals surface area contributed by atoms with Crippen LogP contribution in [0, 0.1) is 0 Å². The Labute approximate surface area is 135 Å². The number of nitrogens with zero attached hydrogens (tertiary/aromatic N) is 3. The Hall–Kier alpha value is -1.17. The van der Waals surface area contributed by atoms with Crippen LogP contribution in [0.5, 0.6) is 0 Å². The summed E-state index contributed by atoms with van der Waals surface area (Å²) in [5.41, 5.74) is 8.46. The van der Waals surface area contributed by atoms with E-state index in [-0.39, 0.29) is 6.04 Å². The second-order valence-corrected chi connectivity index (χ2v) is 6.53. The van der Waals surface area contributed by atoms with Gasteiger partial charge in [0.05, 0.1) is 18.1 Å². The summed E-state index contributed by atoms with van der Waals surface area (Å²) in [6.07, 6.45) is 3.81. The molecular weight excluding hydrogens is 328 g/mol. The first-order valence-electron chi connectivity index (χ1n) is 7.19. The molecule has 1 heterocycles. The molecule has 2 N–H and O–H groups in total. The predicted molar refractivity (Wildman–Crippen MR) is 90.0 cm³/mol. The van der Waals surface area contributed by atoms with Crippen LogP contribution in [0.15, 0.2) is 41.3 Å². The minimum Gasteiger partial charge on any atom is -0.331 e. The van der Waals surface area contributed by atoms with Crippen molar-refractivity contribution in [2.75, 3.05) is 13.6 Å². The van der Waals surface area contributed by atoms with Gasteiger partial charge in [0.25, 0.3) is 0 Å². The highest BCUT2D eigenvalue weighted by Crippen LogP contribution is 2.23. The molecule has 4 nitrogen and oxygen atoms in total. The van der Waals surface area contributed by atoms with E-state index in [9.17, 15) is 0 Å². The van der Waals surface area contributed by atoms with Gasteiger partial charge in [-0.3, -0.25) is 4.90 Å². The van der Waals surface area contributed by atoms with Gasteiger partial charge in [0, 0.05) is 29.8 Å². The van der Waals surface area contributed by atoms with E-state index in [1.807, 2.05) is 18.6 Å². The van der Waals surface area contributed by atoms with Gasteiger partial charge in [-0.2, -0.15) is 0 Å². The number of rotatable bonds is 6. The topological polar surface area (TPSA) is 47.1 Å². The SMILES string of the molecule is CC(C)n1cncc1C(CN)N(C)Cc1cccc(Br)c1. The first kappa shape index (κ1) is 16.2. The van der Waals surface area contributed by atoms with Crippen molar-refractivity contribution in [3.8, 4) is 0 Å². The van der Waals surface area contributed by atoms with Gasteiger partial charge in [0.15, 0.2) is 0 Å². The Morgan fingerprint density at radius 1 is 1.38 bits per heavy atom. The van der Waals surface area contributed by atoms with Crippen molar-refractivity contribution in [3.05, 3.63) is 52.5 Å². The number of nitrogens with two attached hydrogens (primary N) is 1. The van der Waals surface area contributed by atoms with E-state index in [2.05, 4.69) is 69.5 Å². The molecule has 21 heavy (non-hydrogen) atoms. The van der Waals surface area contributed by atoms with Crippen molar-refractivity contribution in [3.63, 3.8) is 0 Å². The van der Waals surface area contributed by atoms with Gasteiger partial charge in [0.2, 0.25) is 0 Å². The van der Waals surface area contributed by atoms with Gasteiger partial charge in [-0.1, -0.05) is 28.1 Å². The van der Waals surface area contributed by atoms with Crippen molar-refractivity contribution in [1.82, 2.24) is 14.5 Å². The van der Waals surface area contributed by atoms with Gasteiger partial charge in [-0.25, -0.2) is 4.98 Å². The fourth-order valence-electron chi connectivity index (χ4n) is 2.56. The molecule has 0 amide bonds. The van der Waals surface area contributed by atoms with Gasteiger partial charge in [-0.05, 0) is 38.6 Å². The molecule has 1 atom stereocenters. The lowest BCUT2D eigenvalue weighted by Crippen LogP contribution is -2.32. The Morgan fingerprint density at radius 2 is 2.14 bits per heavy atom. The second-order valence-electron chi connectivity index (χ2n) is 5.62. The van der Waals surface area contributed by atoms with Crippen LogP contribution in [-0.4, -0.2) is 28.0 Å². The van der Waals surface area contributed by atoms with E-state index < -0.39 is 0 Å². The molecule has 2 rings (SSSR count). The summed E-state index contributed by atoms with van der Waals surface area (Å²) in [6, 6.07) is 8.92. The summed E-state index contributed by atoms with van der Waals surface area (Å²) in [7, 11) is 2.11. The summed E-state index contributed by atoms with van der Waals surface area (Å²) >= 11 is 3.52. The summed E-state index contributed by atoms with van der Waals surface area (Å²) in [5, 5.41) is 0. The smallest absolute Gasteiger partial charge is 0.0951 e. The van der Waals surface area contributed by atoms with E-state index >= 15 is 0 Å². The Morgan fingerprint density at radius 3 is 2.76 bits per heavy atom. The molecule has 1 aromatic heterocycles. The number of benzene rings is 1. The van der Waals surface area contributed by atoms with Gasteiger partial charge in [-0.15, -0.1) is 0 Å². The van der Waals surface area contributed by atoms with Gasteiger partial charge >= 0.3 is 0 Å². The summed E-state index contributed by atoms with van der Waals surface area (Å²) < 4.78 is 3.29. The minimum atomic E-state index is 0.161. The number of halogens is 1. The van der Waals surface area contributed by atoms with Crippen molar-refractivity contribution >= 4 is 15.9 Å². The third-order valence-corrected chi connectivity index (χ3v) is 4.16. The molecule has 114 valence electrons. The third-order valence-electron chi connectivity index (χ3n) is 3.67. The Kier molecular flexibility index (Phi) is 5.56. The molecule has 1 aromatic carbocycles. The van der Waals surface area contributed by atoms with Crippen LogP contribution in [0.3, 0.4) is 0 Å². The zero-order chi connectivity index (χ0) is 15.4. The van der Waals surface area contributed by atoms with Crippen LogP contribution < -0.4 is 5.73 Å². The molecule has 0 aliphatic carbocycles. The number of aromatic nitrogens is 2. The van der Waals surface area contributed by atoms with Crippen molar-refractivity contribution in [1.29, 1.82) is 0 Å². The molecule has 0 fully saturated rings. The molecule has 0 saturated heterocycles. The lowest BCUT2D eigenvalue weighted by atomic mass is 10.1. The molecule has 1 unspecified atom stereocenters. The highest BCUT2D eigenvalue weighted by atomic mass is 79.9.